The number of benzene rings is 1. The Labute approximate surface area is 207 Å². The zero-order chi connectivity index (χ0) is 25.4. The van der Waals surface area contributed by atoms with Crippen LogP contribution < -0.4 is 5.32 Å². The molecule has 4 heterocycles. The molecule has 0 aliphatic rings. The monoisotopic (exact) mass is 511 g/mol. The van der Waals surface area contributed by atoms with Crippen molar-refractivity contribution in [3.8, 4) is 11.5 Å². The molecule has 182 valence electrons. The smallest absolute Gasteiger partial charge is 0.320 e. The minimum atomic E-state index is -4.82. The maximum Gasteiger partial charge on any atom is 0.432 e. The topological polar surface area (TPSA) is 90.5 Å². The van der Waals surface area contributed by atoms with Crippen LogP contribution in [0.3, 0.4) is 0 Å². The van der Waals surface area contributed by atoms with Crippen molar-refractivity contribution < 1.29 is 18.0 Å². The van der Waals surface area contributed by atoms with Crippen LogP contribution in [0.4, 0.5) is 18.9 Å². The number of nitrogens with one attached hydrogen (secondary N) is 1. The molecule has 0 aliphatic carbocycles. The molecule has 4 aromatic heterocycles. The largest absolute Gasteiger partial charge is 0.432 e. The number of anilines is 1. The molecular formula is C24H17ClF3N7O. The van der Waals surface area contributed by atoms with Gasteiger partial charge in [-0.05, 0) is 30.7 Å². The van der Waals surface area contributed by atoms with Crippen LogP contribution in [0.5, 0.6) is 0 Å². The number of carbonyl (C=O) groups excluding carboxylic acids is 1. The first kappa shape index (κ1) is 23.5. The van der Waals surface area contributed by atoms with Gasteiger partial charge >= 0.3 is 6.18 Å². The lowest BCUT2D eigenvalue weighted by Gasteiger charge is -2.17. The highest BCUT2D eigenvalue weighted by molar-refractivity contribution is 6.32. The molecule has 12 heteroatoms. The molecule has 1 amide bonds. The molecule has 0 saturated carbocycles. The van der Waals surface area contributed by atoms with E-state index in [9.17, 15) is 18.0 Å². The highest BCUT2D eigenvalue weighted by atomic mass is 35.5. The number of aryl methyl sites for hydroxylation is 1. The maximum atomic E-state index is 14.3. The molecule has 0 bridgehead atoms. The van der Waals surface area contributed by atoms with Gasteiger partial charge in [-0.1, -0.05) is 30.7 Å². The van der Waals surface area contributed by atoms with Crippen molar-refractivity contribution in [2.45, 2.75) is 19.5 Å². The Bertz CT molecular complexity index is 1580. The van der Waals surface area contributed by atoms with Gasteiger partial charge in [0, 0.05) is 28.9 Å². The molecule has 0 atom stereocenters. The Balaban J connectivity index is 1.54. The summed E-state index contributed by atoms with van der Waals surface area (Å²) in [5.41, 5.74) is -0.467. The number of rotatable bonds is 5. The Hall–Kier alpha value is -4.25. The molecule has 0 saturated heterocycles. The van der Waals surface area contributed by atoms with E-state index in [1.165, 1.54) is 35.7 Å². The summed E-state index contributed by atoms with van der Waals surface area (Å²) in [7, 11) is 0. The summed E-state index contributed by atoms with van der Waals surface area (Å²) in [6, 6.07) is 9.21. The van der Waals surface area contributed by atoms with Crippen molar-refractivity contribution in [1.29, 1.82) is 0 Å². The summed E-state index contributed by atoms with van der Waals surface area (Å²) in [6.45, 7) is 1.92. The van der Waals surface area contributed by atoms with Crippen LogP contribution in [0.1, 0.15) is 28.7 Å². The minimum Gasteiger partial charge on any atom is -0.320 e. The number of hydrogen-bond acceptors (Lipinski definition) is 5. The predicted molar refractivity (Wildman–Crippen MR) is 128 cm³/mol. The fraction of sp³-hybridized carbons (Fsp3) is 0.125. The van der Waals surface area contributed by atoms with Crippen LogP contribution in [-0.4, -0.2) is 35.4 Å². The van der Waals surface area contributed by atoms with E-state index in [1.807, 2.05) is 13.0 Å². The molecule has 0 unspecified atom stereocenters. The van der Waals surface area contributed by atoms with Gasteiger partial charge in [-0.2, -0.15) is 23.4 Å². The summed E-state index contributed by atoms with van der Waals surface area (Å²) in [6.07, 6.45) is 2.74. The van der Waals surface area contributed by atoms with Gasteiger partial charge in [0.2, 0.25) is 0 Å². The number of amides is 1. The molecule has 0 radical (unpaired) electrons. The molecule has 8 nitrogen and oxygen atoms in total. The predicted octanol–water partition coefficient (Wildman–Crippen LogP) is 5.49. The Morgan fingerprint density at radius 1 is 1.06 bits per heavy atom. The first-order valence-electron chi connectivity index (χ1n) is 10.8. The second-order valence-electron chi connectivity index (χ2n) is 7.73. The summed E-state index contributed by atoms with van der Waals surface area (Å²) < 4.78 is 43.8. The molecule has 36 heavy (non-hydrogen) atoms. The van der Waals surface area contributed by atoms with E-state index in [0.717, 1.165) is 21.7 Å². The second-order valence-corrected chi connectivity index (χ2v) is 8.14. The number of pyridine rings is 2. The maximum absolute atomic E-state index is 14.3. The number of aromatic nitrogens is 6. The third kappa shape index (κ3) is 4.17. The van der Waals surface area contributed by atoms with Crippen LogP contribution in [0.25, 0.3) is 22.3 Å². The zero-order valence-corrected chi connectivity index (χ0v) is 19.4. The lowest BCUT2D eigenvalue weighted by atomic mass is 10.1. The van der Waals surface area contributed by atoms with Crippen LogP contribution >= 0.6 is 11.6 Å². The van der Waals surface area contributed by atoms with Crippen molar-refractivity contribution in [3.63, 3.8) is 0 Å². The van der Waals surface area contributed by atoms with Gasteiger partial charge in [0.25, 0.3) is 5.91 Å². The third-order valence-electron chi connectivity index (χ3n) is 5.55. The van der Waals surface area contributed by atoms with Crippen LogP contribution in [0.2, 0.25) is 5.02 Å². The van der Waals surface area contributed by atoms with E-state index in [0.29, 0.717) is 11.8 Å². The van der Waals surface area contributed by atoms with E-state index in [1.54, 1.807) is 24.4 Å². The summed E-state index contributed by atoms with van der Waals surface area (Å²) >= 11 is 6.21. The standard InChI is InChI=1S/C24H17ClF3N7O/c1-2-19-15-4-3-5-20(16(15)6-8-29-19)34-11-7-17(21(34)24(26,27)28)23(36)33-14-12-18(25)22(30-13-14)35-31-9-10-32-35/h3-13H,2H2,1H3,(H,33,36). The Kier molecular flexibility index (Phi) is 5.92. The van der Waals surface area contributed by atoms with Crippen molar-refractivity contribution >= 4 is 34.0 Å². The molecule has 5 aromatic rings. The highest BCUT2D eigenvalue weighted by Gasteiger charge is 2.39. The summed E-state index contributed by atoms with van der Waals surface area (Å²) in [5.74, 6) is -0.751. The number of alkyl halides is 3. The minimum absolute atomic E-state index is 0.105. The lowest BCUT2D eigenvalue weighted by molar-refractivity contribution is -0.142. The summed E-state index contributed by atoms with van der Waals surface area (Å²) in [5, 5.41) is 11.7. The van der Waals surface area contributed by atoms with Crippen LogP contribution in [-0.2, 0) is 12.6 Å². The third-order valence-corrected chi connectivity index (χ3v) is 5.83. The van der Waals surface area contributed by atoms with Gasteiger partial charge in [-0.15, -0.1) is 4.80 Å². The fourth-order valence-electron chi connectivity index (χ4n) is 4.02. The summed E-state index contributed by atoms with van der Waals surface area (Å²) in [4.78, 5) is 22.6. The first-order chi connectivity index (χ1) is 17.3. The van der Waals surface area contributed by atoms with E-state index < -0.39 is 23.3 Å². The fourth-order valence-corrected chi connectivity index (χ4v) is 4.26. The normalized spacial score (nSPS) is 11.7. The first-order valence-corrected chi connectivity index (χ1v) is 11.1. The van der Waals surface area contributed by atoms with Gasteiger partial charge < -0.3 is 9.88 Å². The molecule has 0 spiro atoms. The second kappa shape index (κ2) is 9.08. The molecule has 5 rings (SSSR count). The molecular weight excluding hydrogens is 495 g/mol. The van der Waals surface area contributed by atoms with Gasteiger partial charge in [-0.25, -0.2) is 4.98 Å². The van der Waals surface area contributed by atoms with Gasteiger partial charge in [-0.3, -0.25) is 9.78 Å². The average molecular weight is 512 g/mol. The molecule has 1 N–H and O–H groups in total. The van der Waals surface area contributed by atoms with Crippen molar-refractivity contribution in [3.05, 3.63) is 89.4 Å². The average Bonchev–Trinajstić information content (AvgIpc) is 3.54. The van der Waals surface area contributed by atoms with Crippen molar-refractivity contribution in [2.24, 2.45) is 0 Å². The Morgan fingerprint density at radius 2 is 1.83 bits per heavy atom. The van der Waals surface area contributed by atoms with Crippen molar-refractivity contribution in [1.82, 2.24) is 29.5 Å². The SMILES string of the molecule is CCc1nccc2c(-n3ccc(C(=O)Nc4cnc(-n5nccn5)c(Cl)c4)c3C(F)(F)F)cccc12. The lowest BCUT2D eigenvalue weighted by Crippen LogP contribution is -2.20. The zero-order valence-electron chi connectivity index (χ0n) is 18.7. The number of carbonyl (C=O) groups is 1. The molecule has 0 fully saturated rings. The van der Waals surface area contributed by atoms with E-state index >= 15 is 0 Å². The molecule has 0 aliphatic heterocycles. The van der Waals surface area contributed by atoms with Crippen LogP contribution in [0.15, 0.2) is 67.4 Å². The van der Waals surface area contributed by atoms with Crippen LogP contribution in [0, 0.1) is 0 Å². The van der Waals surface area contributed by atoms with E-state index in [-0.39, 0.29) is 22.2 Å². The Morgan fingerprint density at radius 3 is 2.53 bits per heavy atom. The van der Waals surface area contributed by atoms with Gasteiger partial charge in [0.05, 0.1) is 40.6 Å². The number of fused-ring (bicyclic) bond motifs is 1. The van der Waals surface area contributed by atoms with Crippen molar-refractivity contribution in [2.75, 3.05) is 5.32 Å². The molecule has 1 aromatic carbocycles. The number of halogens is 4. The number of nitrogens with zero attached hydrogens (tertiary/aromatic N) is 6. The number of hydrogen-bond donors (Lipinski definition) is 1. The van der Waals surface area contributed by atoms with E-state index in [2.05, 4.69) is 25.5 Å². The van der Waals surface area contributed by atoms with Gasteiger partial charge in [0.15, 0.2) is 5.82 Å². The highest BCUT2D eigenvalue weighted by Crippen LogP contribution is 2.37. The van der Waals surface area contributed by atoms with E-state index in [4.69, 9.17) is 11.6 Å². The van der Waals surface area contributed by atoms with Gasteiger partial charge in [0.1, 0.15) is 5.69 Å². The quantitative estimate of drug-likeness (QED) is 0.337.